The number of carbonyl (C=O) groups excluding carboxylic acids is 3. The fourth-order valence-electron chi connectivity index (χ4n) is 2.96. The molecule has 1 saturated carbocycles. The van der Waals surface area contributed by atoms with Crippen molar-refractivity contribution in [1.29, 1.82) is 0 Å². The van der Waals surface area contributed by atoms with Crippen molar-refractivity contribution in [3.8, 4) is 0 Å². The van der Waals surface area contributed by atoms with Crippen LogP contribution in [0.4, 0.5) is 4.79 Å². The zero-order chi connectivity index (χ0) is 17.3. The van der Waals surface area contributed by atoms with Gasteiger partial charge in [-0.25, -0.2) is 9.59 Å². The summed E-state index contributed by atoms with van der Waals surface area (Å²) in [5.74, 6) is -0.0823. The van der Waals surface area contributed by atoms with Crippen LogP contribution in [0.5, 0.6) is 0 Å². The van der Waals surface area contributed by atoms with Gasteiger partial charge < -0.3 is 5.32 Å². The van der Waals surface area contributed by atoms with Crippen LogP contribution < -0.4 is 5.32 Å². The van der Waals surface area contributed by atoms with Crippen LogP contribution in [-0.2, 0) is 9.59 Å². The molecule has 0 atom stereocenters. The number of nitrogens with one attached hydrogen (secondary N) is 1. The van der Waals surface area contributed by atoms with Crippen LogP contribution in [0.3, 0.4) is 0 Å². The molecule has 0 aromatic heterocycles. The number of hydrogen-bond donors (Lipinski definition) is 1. The fourth-order valence-corrected chi connectivity index (χ4v) is 3.61. The summed E-state index contributed by atoms with van der Waals surface area (Å²) in [4.78, 5) is 45.4. The van der Waals surface area contributed by atoms with E-state index in [0.717, 1.165) is 30.6 Å². The molecule has 0 spiro atoms. The lowest BCUT2D eigenvalue weighted by Crippen LogP contribution is -2.51. The number of imide groups is 1. The van der Waals surface area contributed by atoms with Crippen molar-refractivity contribution in [2.45, 2.75) is 38.1 Å². The van der Waals surface area contributed by atoms with Gasteiger partial charge in [0.1, 0.15) is 0 Å². The summed E-state index contributed by atoms with van der Waals surface area (Å²) in [5, 5.41) is 3.36. The van der Waals surface area contributed by atoms with Crippen molar-refractivity contribution in [1.82, 2.24) is 10.2 Å². The molecule has 0 unspecified atom stereocenters. The number of amidine groups is 2. The highest BCUT2D eigenvalue weighted by Gasteiger charge is 2.44. The summed E-state index contributed by atoms with van der Waals surface area (Å²) in [5.41, 5.74) is 0.148. The Hall–Kier alpha value is -2.03. The molecule has 0 aromatic carbocycles. The van der Waals surface area contributed by atoms with E-state index in [9.17, 15) is 14.4 Å². The molecule has 0 saturated heterocycles. The van der Waals surface area contributed by atoms with Gasteiger partial charge in [-0.05, 0) is 12.8 Å². The normalized spacial score (nSPS) is 21.7. The summed E-state index contributed by atoms with van der Waals surface area (Å²) in [6, 6.07) is -0.182. The van der Waals surface area contributed by atoms with Gasteiger partial charge in [0, 0.05) is 6.04 Å². The molecule has 0 radical (unpaired) electrons. The number of hydrogen-bond acceptors (Lipinski definition) is 6. The van der Waals surface area contributed by atoms with Gasteiger partial charge in [-0.1, -0.05) is 36.0 Å². The third-order valence-electron chi connectivity index (χ3n) is 4.32. The molecule has 128 valence electrons. The SMILES string of the molecule is CN1C(=O)C2=NC(SCC(=O)NC3CCCCC3)=NC2=[N+](C)C1=O. The number of carbonyl (C=O) groups is 3. The Morgan fingerprint density at radius 1 is 1.29 bits per heavy atom. The number of aliphatic imine (C=N–C) groups is 2. The van der Waals surface area contributed by atoms with Crippen molar-refractivity contribution < 1.29 is 19.0 Å². The lowest BCUT2D eigenvalue weighted by Gasteiger charge is -2.22. The minimum atomic E-state index is -0.473. The molecule has 1 N–H and O–H groups in total. The highest BCUT2D eigenvalue weighted by Crippen LogP contribution is 2.19. The Kier molecular flexibility index (Phi) is 4.79. The van der Waals surface area contributed by atoms with Gasteiger partial charge in [0.25, 0.3) is 5.17 Å². The molecule has 24 heavy (non-hydrogen) atoms. The molecule has 0 bridgehead atoms. The molecule has 0 aromatic rings. The Bertz CT molecular complexity index is 691. The number of amides is 4. The molecule has 8 nitrogen and oxygen atoms in total. The molecule has 1 fully saturated rings. The summed E-state index contributed by atoms with van der Waals surface area (Å²) in [6.07, 6.45) is 5.62. The number of rotatable bonds is 3. The third-order valence-corrected chi connectivity index (χ3v) is 5.17. The van der Waals surface area contributed by atoms with Gasteiger partial charge in [0.05, 0.1) is 19.8 Å². The zero-order valence-corrected chi connectivity index (χ0v) is 14.6. The Labute approximate surface area is 144 Å². The topological polar surface area (TPSA) is 94.2 Å². The van der Waals surface area contributed by atoms with Gasteiger partial charge in [-0.3, -0.25) is 4.79 Å². The minimum Gasteiger partial charge on any atom is -0.353 e. The van der Waals surface area contributed by atoms with Crippen LogP contribution in [0.25, 0.3) is 0 Å². The molecule has 3 aliphatic rings. The summed E-state index contributed by atoms with van der Waals surface area (Å²) < 4.78 is 1.29. The van der Waals surface area contributed by atoms with Crippen LogP contribution in [-0.4, -0.2) is 69.9 Å². The summed E-state index contributed by atoms with van der Waals surface area (Å²) in [6.45, 7) is 0. The molecule has 2 aliphatic heterocycles. The molecular weight excluding hydrogens is 330 g/mol. The van der Waals surface area contributed by atoms with Crippen molar-refractivity contribution in [3.63, 3.8) is 0 Å². The van der Waals surface area contributed by atoms with E-state index in [1.165, 1.54) is 29.8 Å². The maximum Gasteiger partial charge on any atom is 0.446 e. The van der Waals surface area contributed by atoms with Crippen molar-refractivity contribution in [2.24, 2.45) is 9.98 Å². The second-order valence-electron chi connectivity index (χ2n) is 6.08. The first-order valence-electron chi connectivity index (χ1n) is 8.00. The fraction of sp³-hybridized carbons (Fsp3) is 0.600. The first-order chi connectivity index (χ1) is 11.5. The number of thioether (sulfide) groups is 1. The molecular formula is C15H20N5O3S+. The Morgan fingerprint density at radius 2 is 2.00 bits per heavy atom. The second kappa shape index (κ2) is 6.84. The Balaban J connectivity index is 1.61. The summed E-state index contributed by atoms with van der Waals surface area (Å²) >= 11 is 1.17. The average molecular weight is 350 g/mol. The van der Waals surface area contributed by atoms with Crippen LogP contribution in [0.15, 0.2) is 9.98 Å². The first-order valence-corrected chi connectivity index (χ1v) is 8.98. The van der Waals surface area contributed by atoms with Crippen molar-refractivity contribution in [3.05, 3.63) is 0 Å². The number of fused-ring (bicyclic) bond motifs is 1. The van der Waals surface area contributed by atoms with Crippen molar-refractivity contribution in [2.75, 3.05) is 19.8 Å². The van der Waals surface area contributed by atoms with E-state index in [0.29, 0.717) is 5.17 Å². The lowest BCUT2D eigenvalue weighted by atomic mass is 9.95. The molecule has 3 rings (SSSR count). The van der Waals surface area contributed by atoms with Gasteiger partial charge in [0.15, 0.2) is 0 Å². The monoisotopic (exact) mass is 350 g/mol. The van der Waals surface area contributed by atoms with Gasteiger partial charge >= 0.3 is 17.8 Å². The van der Waals surface area contributed by atoms with E-state index in [4.69, 9.17) is 0 Å². The largest absolute Gasteiger partial charge is 0.446 e. The molecule has 9 heteroatoms. The predicted octanol–water partition coefficient (Wildman–Crippen LogP) is 0.612. The van der Waals surface area contributed by atoms with Crippen LogP contribution >= 0.6 is 11.8 Å². The maximum atomic E-state index is 12.1. The van der Waals surface area contributed by atoms with Gasteiger partial charge in [-0.15, -0.1) is 0 Å². The second-order valence-corrected chi connectivity index (χ2v) is 7.02. The molecule has 1 aliphatic carbocycles. The van der Waals surface area contributed by atoms with E-state index in [2.05, 4.69) is 15.3 Å². The third kappa shape index (κ3) is 3.26. The van der Waals surface area contributed by atoms with E-state index in [-0.39, 0.29) is 29.2 Å². The van der Waals surface area contributed by atoms with Crippen LogP contribution in [0.2, 0.25) is 0 Å². The highest BCUT2D eigenvalue weighted by atomic mass is 32.2. The lowest BCUT2D eigenvalue weighted by molar-refractivity contribution is -0.401. The zero-order valence-electron chi connectivity index (χ0n) is 13.7. The van der Waals surface area contributed by atoms with E-state index in [1.54, 1.807) is 7.05 Å². The predicted molar refractivity (Wildman–Crippen MR) is 91.7 cm³/mol. The van der Waals surface area contributed by atoms with Gasteiger partial charge in [-0.2, -0.15) is 14.5 Å². The maximum absolute atomic E-state index is 12.1. The first kappa shape index (κ1) is 16.8. The Morgan fingerprint density at radius 3 is 2.71 bits per heavy atom. The minimum absolute atomic E-state index is 0.0532. The number of urea groups is 1. The average Bonchev–Trinajstić information content (AvgIpc) is 3.02. The van der Waals surface area contributed by atoms with Crippen LogP contribution in [0, 0.1) is 0 Å². The van der Waals surface area contributed by atoms with E-state index in [1.807, 2.05) is 0 Å². The van der Waals surface area contributed by atoms with Crippen molar-refractivity contribution >= 4 is 46.3 Å². The quantitative estimate of drug-likeness (QED) is 0.755. The van der Waals surface area contributed by atoms with E-state index < -0.39 is 11.9 Å². The van der Waals surface area contributed by atoms with Gasteiger partial charge in [0.2, 0.25) is 11.6 Å². The highest BCUT2D eigenvalue weighted by molar-refractivity contribution is 8.14. The molecule has 4 amide bonds. The van der Waals surface area contributed by atoms with Crippen LogP contribution in [0.1, 0.15) is 32.1 Å². The smallest absolute Gasteiger partial charge is 0.353 e. The molecule has 2 heterocycles. The van der Waals surface area contributed by atoms with E-state index >= 15 is 0 Å². The number of nitrogens with zero attached hydrogens (tertiary/aromatic N) is 4. The standard InChI is InChI=1S/C15H19N5O3S/c1-19-12-11(13(22)20(2)15(19)23)17-14(18-12)24-8-10(21)16-9-6-4-3-5-7-9/h9H,3-8H2,1-2H3/p+1. The summed E-state index contributed by atoms with van der Waals surface area (Å²) in [7, 11) is 2.95.